The molecular formula is C8H13NO6. The molecule has 0 bridgehead atoms. The third-order valence-corrected chi connectivity index (χ3v) is 1.34. The Balaban J connectivity index is 3.66. The first-order chi connectivity index (χ1) is 7.35. The van der Waals surface area contributed by atoms with Crippen LogP contribution in [0.1, 0.15) is 0 Å². The first-order valence-corrected chi connectivity index (χ1v) is 4.28. The summed E-state index contributed by atoms with van der Waals surface area (Å²) in [5.41, 5.74) is 0. The normalized spacial score (nSPS) is 12.0. The van der Waals surface area contributed by atoms with Crippen LogP contribution < -0.4 is 0 Å². The van der Waals surface area contributed by atoms with E-state index in [-0.39, 0.29) is 33.2 Å². The van der Waals surface area contributed by atoms with Gasteiger partial charge in [-0.2, -0.15) is 0 Å². The minimum Gasteiger partial charge on any atom is -0.371 e. The first kappa shape index (κ1) is 13.8. The van der Waals surface area contributed by atoms with Crippen molar-refractivity contribution in [1.82, 2.24) is 0 Å². The van der Waals surface area contributed by atoms with E-state index in [1.165, 1.54) is 0 Å². The van der Waals surface area contributed by atoms with Crippen molar-refractivity contribution in [3.8, 4) is 0 Å². The Morgan fingerprint density at radius 2 is 1.73 bits per heavy atom. The second-order valence-electron chi connectivity index (χ2n) is 2.46. The van der Waals surface area contributed by atoms with Gasteiger partial charge in [-0.15, -0.1) is 4.91 Å². The van der Waals surface area contributed by atoms with Gasteiger partial charge in [0.25, 0.3) is 0 Å². The van der Waals surface area contributed by atoms with Gasteiger partial charge in [-0.3, -0.25) is 0 Å². The standard InChI is InChI=1S/C8H13NO6/c10-1-3-13-5-8(15-4-2-11)6-14-7-9-12/h1-2,8H,3-7H2. The lowest BCUT2D eigenvalue weighted by Crippen LogP contribution is -2.27. The number of carbonyl (C=O) groups is 2. The van der Waals surface area contributed by atoms with Crippen molar-refractivity contribution in [1.29, 1.82) is 0 Å². The molecule has 0 aromatic carbocycles. The SMILES string of the molecule is O=CCOCC(COCN=O)OCC=O. The number of nitrogens with zero attached hydrogens (tertiary/aromatic N) is 1. The van der Waals surface area contributed by atoms with Crippen LogP contribution in [0.5, 0.6) is 0 Å². The highest BCUT2D eigenvalue weighted by Gasteiger charge is 2.09. The van der Waals surface area contributed by atoms with Crippen molar-refractivity contribution in [3.63, 3.8) is 0 Å². The largest absolute Gasteiger partial charge is 0.371 e. The number of hydrogen-bond donors (Lipinski definition) is 0. The Labute approximate surface area is 86.7 Å². The van der Waals surface area contributed by atoms with Gasteiger partial charge in [-0.25, -0.2) is 0 Å². The second-order valence-corrected chi connectivity index (χ2v) is 2.46. The van der Waals surface area contributed by atoms with E-state index in [2.05, 4.69) is 5.18 Å². The van der Waals surface area contributed by atoms with Crippen LogP contribution in [0.25, 0.3) is 0 Å². The van der Waals surface area contributed by atoms with Gasteiger partial charge >= 0.3 is 0 Å². The minimum absolute atomic E-state index is 0.0487. The van der Waals surface area contributed by atoms with E-state index < -0.39 is 6.10 Å². The highest BCUT2D eigenvalue weighted by Crippen LogP contribution is 1.94. The molecule has 1 unspecified atom stereocenters. The molecule has 0 saturated heterocycles. The summed E-state index contributed by atoms with van der Waals surface area (Å²) in [5.74, 6) is 0. The van der Waals surface area contributed by atoms with Crippen LogP contribution in [0, 0.1) is 4.91 Å². The third kappa shape index (κ3) is 9.13. The molecule has 7 heteroatoms. The highest BCUT2D eigenvalue weighted by atomic mass is 16.6. The molecule has 15 heavy (non-hydrogen) atoms. The topological polar surface area (TPSA) is 91.3 Å². The Kier molecular flexibility index (Phi) is 10.0. The van der Waals surface area contributed by atoms with Crippen molar-refractivity contribution in [2.45, 2.75) is 6.10 Å². The zero-order valence-corrected chi connectivity index (χ0v) is 8.16. The van der Waals surface area contributed by atoms with Crippen molar-refractivity contribution in [2.75, 3.05) is 33.2 Å². The Morgan fingerprint density at radius 1 is 1.07 bits per heavy atom. The average Bonchev–Trinajstić information content (AvgIpc) is 2.25. The molecule has 0 amide bonds. The Bertz CT molecular complexity index is 172. The monoisotopic (exact) mass is 219 g/mol. The summed E-state index contributed by atoms with van der Waals surface area (Å²) in [6.07, 6.45) is 0.701. The third-order valence-electron chi connectivity index (χ3n) is 1.34. The van der Waals surface area contributed by atoms with E-state index in [1.807, 2.05) is 0 Å². The van der Waals surface area contributed by atoms with Gasteiger partial charge in [0, 0.05) is 0 Å². The maximum Gasteiger partial charge on any atom is 0.179 e. The molecule has 0 aliphatic rings. The summed E-state index contributed by atoms with van der Waals surface area (Å²) in [4.78, 5) is 29.7. The van der Waals surface area contributed by atoms with Gasteiger partial charge in [-0.05, 0) is 5.18 Å². The van der Waals surface area contributed by atoms with Gasteiger partial charge in [0.2, 0.25) is 0 Å². The summed E-state index contributed by atoms with van der Waals surface area (Å²) in [6.45, 7) is -0.224. The van der Waals surface area contributed by atoms with E-state index in [1.54, 1.807) is 0 Å². The van der Waals surface area contributed by atoms with Crippen LogP contribution in [0.4, 0.5) is 0 Å². The molecule has 0 saturated carbocycles. The average molecular weight is 219 g/mol. The second kappa shape index (κ2) is 10.9. The summed E-state index contributed by atoms with van der Waals surface area (Å²) >= 11 is 0. The number of nitroso groups, excluding NO2 is 1. The lowest BCUT2D eigenvalue weighted by atomic mass is 10.4. The smallest absolute Gasteiger partial charge is 0.179 e. The van der Waals surface area contributed by atoms with Crippen molar-refractivity contribution < 1.29 is 23.8 Å². The summed E-state index contributed by atoms with van der Waals surface area (Å²) < 4.78 is 14.7. The first-order valence-electron chi connectivity index (χ1n) is 4.28. The molecule has 0 aliphatic heterocycles. The van der Waals surface area contributed by atoms with Crippen LogP contribution in [0.3, 0.4) is 0 Å². The number of aldehydes is 2. The number of hydrogen-bond acceptors (Lipinski definition) is 7. The maximum atomic E-state index is 10.0. The quantitative estimate of drug-likeness (QED) is 0.265. The zero-order valence-electron chi connectivity index (χ0n) is 8.16. The fourth-order valence-corrected chi connectivity index (χ4v) is 0.789. The van der Waals surface area contributed by atoms with Crippen LogP contribution in [-0.2, 0) is 23.8 Å². The fraction of sp³-hybridized carbons (Fsp3) is 0.750. The van der Waals surface area contributed by atoms with Gasteiger partial charge in [0.1, 0.15) is 31.9 Å². The van der Waals surface area contributed by atoms with Crippen LogP contribution in [0.2, 0.25) is 0 Å². The van der Waals surface area contributed by atoms with Crippen molar-refractivity contribution in [3.05, 3.63) is 4.91 Å². The molecule has 0 radical (unpaired) electrons. The van der Waals surface area contributed by atoms with E-state index in [0.717, 1.165) is 0 Å². The van der Waals surface area contributed by atoms with Crippen LogP contribution in [-0.4, -0.2) is 51.8 Å². The van der Waals surface area contributed by atoms with Gasteiger partial charge in [0.15, 0.2) is 6.73 Å². The molecule has 0 rings (SSSR count). The van der Waals surface area contributed by atoms with Gasteiger partial charge in [0.05, 0.1) is 13.2 Å². The Morgan fingerprint density at radius 3 is 2.33 bits per heavy atom. The molecule has 0 N–H and O–H groups in total. The lowest BCUT2D eigenvalue weighted by Gasteiger charge is -2.15. The molecule has 7 nitrogen and oxygen atoms in total. The number of ether oxygens (including phenoxy) is 3. The number of carbonyl (C=O) groups excluding carboxylic acids is 2. The zero-order chi connectivity index (χ0) is 11.4. The molecule has 0 aromatic rings. The van der Waals surface area contributed by atoms with Gasteiger partial charge in [-0.1, -0.05) is 0 Å². The van der Waals surface area contributed by atoms with Crippen molar-refractivity contribution in [2.24, 2.45) is 5.18 Å². The molecule has 86 valence electrons. The number of rotatable bonds is 11. The van der Waals surface area contributed by atoms with Gasteiger partial charge < -0.3 is 23.8 Å². The predicted molar refractivity (Wildman–Crippen MR) is 49.3 cm³/mol. The predicted octanol–water partition coefficient (Wildman–Crippen LogP) is -0.473. The molecule has 0 fully saturated rings. The Hall–Kier alpha value is -1.18. The van der Waals surface area contributed by atoms with E-state index in [9.17, 15) is 14.5 Å². The molecule has 0 spiro atoms. The fourth-order valence-electron chi connectivity index (χ4n) is 0.789. The highest BCUT2D eigenvalue weighted by molar-refractivity contribution is 5.50. The van der Waals surface area contributed by atoms with E-state index >= 15 is 0 Å². The van der Waals surface area contributed by atoms with E-state index in [4.69, 9.17) is 14.2 Å². The van der Waals surface area contributed by atoms with E-state index in [0.29, 0.717) is 12.6 Å². The van der Waals surface area contributed by atoms with Crippen molar-refractivity contribution >= 4 is 12.6 Å². The summed E-state index contributed by atoms with van der Waals surface area (Å²) in [5, 5.41) is 2.49. The molecule has 0 aromatic heterocycles. The molecular weight excluding hydrogens is 206 g/mol. The molecule has 0 aliphatic carbocycles. The summed E-state index contributed by atoms with van der Waals surface area (Å²) in [6, 6.07) is 0. The van der Waals surface area contributed by atoms with Crippen LogP contribution >= 0.6 is 0 Å². The van der Waals surface area contributed by atoms with Crippen LogP contribution in [0.15, 0.2) is 5.18 Å². The summed E-state index contributed by atoms with van der Waals surface area (Å²) in [7, 11) is 0. The maximum absolute atomic E-state index is 10.0. The lowest BCUT2D eigenvalue weighted by molar-refractivity contribution is -0.121. The molecule has 0 heterocycles. The molecule has 1 atom stereocenters. The minimum atomic E-state index is -0.489.